The van der Waals surface area contributed by atoms with Crippen molar-refractivity contribution in [1.29, 1.82) is 0 Å². The number of rotatable bonds is 4. The Morgan fingerprint density at radius 2 is 2.00 bits per heavy atom. The Morgan fingerprint density at radius 1 is 1.17 bits per heavy atom. The first-order valence-electron chi connectivity index (χ1n) is 11.9. The van der Waals surface area contributed by atoms with Crippen molar-refractivity contribution in [1.82, 2.24) is 24.4 Å². The fourth-order valence-electron chi connectivity index (χ4n) is 5.49. The number of benzene rings is 1. The predicted molar refractivity (Wildman–Crippen MR) is 137 cm³/mol. The zero-order valence-electron chi connectivity index (χ0n) is 20.1. The number of hydrogen-bond donors (Lipinski definition) is 1. The molecule has 1 aliphatic heterocycles. The van der Waals surface area contributed by atoms with Crippen molar-refractivity contribution in [3.05, 3.63) is 65.2 Å². The van der Waals surface area contributed by atoms with E-state index in [0.717, 1.165) is 25.2 Å². The molecule has 0 saturated heterocycles. The lowest BCUT2D eigenvalue weighted by atomic mass is 9.77. The summed E-state index contributed by atoms with van der Waals surface area (Å²) in [7, 11) is -0.386. The molecule has 0 bridgehead atoms. The van der Waals surface area contributed by atoms with Gasteiger partial charge in [0.25, 0.3) is 0 Å². The summed E-state index contributed by atoms with van der Waals surface area (Å²) in [5.41, 5.74) is 6.16. The van der Waals surface area contributed by atoms with E-state index >= 15 is 0 Å². The molecule has 0 fully saturated rings. The van der Waals surface area contributed by atoms with Crippen molar-refractivity contribution in [2.75, 3.05) is 32.2 Å². The van der Waals surface area contributed by atoms with E-state index in [-0.39, 0.29) is 0 Å². The molecule has 6 rings (SSSR count). The number of anilines is 2. The van der Waals surface area contributed by atoms with Crippen LogP contribution in [0.15, 0.2) is 42.7 Å². The fourth-order valence-corrected chi connectivity index (χ4v) is 6.28. The molecule has 1 atom stereocenters. The van der Waals surface area contributed by atoms with Crippen molar-refractivity contribution in [2.45, 2.75) is 31.7 Å². The fraction of sp³-hybridized carbons (Fsp3) is 0.346. The van der Waals surface area contributed by atoms with Crippen LogP contribution in [0.2, 0.25) is 0 Å². The first-order chi connectivity index (χ1) is 16.8. The summed E-state index contributed by atoms with van der Waals surface area (Å²) < 4.78 is 28.9. The van der Waals surface area contributed by atoms with E-state index in [4.69, 9.17) is 0 Å². The third kappa shape index (κ3) is 4.05. The van der Waals surface area contributed by atoms with Crippen LogP contribution < -0.4 is 10.8 Å². The van der Waals surface area contributed by atoms with E-state index in [9.17, 15) is 8.96 Å². The highest BCUT2D eigenvalue weighted by molar-refractivity contribution is 7.69. The van der Waals surface area contributed by atoms with Gasteiger partial charge < -0.3 is 14.8 Å². The first-order valence-corrected chi connectivity index (χ1v) is 14.5. The first kappa shape index (κ1) is 22.4. The predicted octanol–water partition coefficient (Wildman–Crippen LogP) is 4.81. The standard InChI is InChI=1S/C26H28FN6OP/c1-32-13-17-7-4-6-16-10-19(11-18(14-32)24(16)17)29-26-28-12-20-21(27)15-33(25(20)31-26)22-8-5-9-23(30-22)35(2,3)34/h5,8-12,15,17H,4,6-7,13-14H2,1-3H3,(H,28,29,31). The highest BCUT2D eigenvalue weighted by atomic mass is 31.2. The molecule has 4 aromatic rings. The molecule has 2 aliphatic rings. The van der Waals surface area contributed by atoms with E-state index in [1.807, 2.05) is 0 Å². The Labute approximate surface area is 203 Å². The highest BCUT2D eigenvalue weighted by Gasteiger charge is 2.29. The zero-order valence-corrected chi connectivity index (χ0v) is 21.0. The minimum Gasteiger partial charge on any atom is -0.324 e. The maximum atomic E-state index is 14.7. The molecule has 35 heavy (non-hydrogen) atoms. The lowest BCUT2D eigenvalue weighted by Crippen LogP contribution is -2.33. The molecule has 1 unspecified atom stereocenters. The molecule has 1 N–H and O–H groups in total. The number of aromatic nitrogens is 4. The van der Waals surface area contributed by atoms with Crippen LogP contribution in [0.3, 0.4) is 0 Å². The second-order valence-electron chi connectivity index (χ2n) is 10.1. The Hall–Kier alpha value is -3.09. The van der Waals surface area contributed by atoms with Gasteiger partial charge in [0.1, 0.15) is 18.4 Å². The molecule has 0 saturated carbocycles. The molecule has 1 aliphatic carbocycles. The number of aryl methyl sites for hydroxylation is 1. The monoisotopic (exact) mass is 490 g/mol. The number of halogens is 1. The van der Waals surface area contributed by atoms with Gasteiger partial charge in [0.05, 0.1) is 5.39 Å². The van der Waals surface area contributed by atoms with E-state index in [1.54, 1.807) is 36.1 Å². The Morgan fingerprint density at radius 3 is 2.83 bits per heavy atom. The molecule has 0 radical (unpaired) electrons. The van der Waals surface area contributed by atoms with Gasteiger partial charge in [-0.15, -0.1) is 0 Å². The van der Waals surface area contributed by atoms with Gasteiger partial charge in [-0.25, -0.2) is 14.4 Å². The van der Waals surface area contributed by atoms with Crippen molar-refractivity contribution in [3.8, 4) is 5.82 Å². The molecule has 7 nitrogen and oxygen atoms in total. The maximum absolute atomic E-state index is 14.7. The van der Waals surface area contributed by atoms with Crippen molar-refractivity contribution >= 4 is 35.2 Å². The van der Waals surface area contributed by atoms with Crippen LogP contribution in [0.4, 0.5) is 16.0 Å². The summed E-state index contributed by atoms with van der Waals surface area (Å²) >= 11 is 0. The normalized spacial score (nSPS) is 18.0. The summed E-state index contributed by atoms with van der Waals surface area (Å²) in [6.07, 6.45) is 6.40. The Kier molecular flexibility index (Phi) is 5.27. The van der Waals surface area contributed by atoms with Crippen LogP contribution in [0.25, 0.3) is 16.9 Å². The second-order valence-corrected chi connectivity index (χ2v) is 13.3. The summed E-state index contributed by atoms with van der Waals surface area (Å²) in [6, 6.07) is 9.69. The summed E-state index contributed by atoms with van der Waals surface area (Å²) in [5.74, 6) is 1.05. The van der Waals surface area contributed by atoms with E-state index in [2.05, 4.69) is 44.3 Å². The van der Waals surface area contributed by atoms with Crippen LogP contribution in [0.1, 0.15) is 35.4 Å². The average Bonchev–Trinajstić information content (AvgIpc) is 3.14. The quantitative estimate of drug-likeness (QED) is 0.414. The topological polar surface area (TPSA) is 75.9 Å². The third-order valence-electron chi connectivity index (χ3n) is 7.00. The van der Waals surface area contributed by atoms with Gasteiger partial charge in [0.15, 0.2) is 11.5 Å². The molecule has 0 amide bonds. The van der Waals surface area contributed by atoms with E-state index in [0.29, 0.717) is 34.2 Å². The zero-order chi connectivity index (χ0) is 24.3. The molecule has 4 heterocycles. The van der Waals surface area contributed by atoms with Gasteiger partial charge in [-0.1, -0.05) is 6.07 Å². The van der Waals surface area contributed by atoms with Crippen LogP contribution in [-0.2, 0) is 17.5 Å². The number of nitrogens with zero attached hydrogens (tertiary/aromatic N) is 5. The lowest BCUT2D eigenvalue weighted by Gasteiger charge is -2.37. The van der Waals surface area contributed by atoms with E-state index < -0.39 is 13.0 Å². The van der Waals surface area contributed by atoms with Crippen LogP contribution in [0.5, 0.6) is 0 Å². The molecule has 180 valence electrons. The highest BCUT2D eigenvalue weighted by Crippen LogP contribution is 2.40. The second kappa shape index (κ2) is 8.25. The molecular formula is C26H28FN6OP. The third-order valence-corrected chi connectivity index (χ3v) is 8.35. The van der Waals surface area contributed by atoms with Crippen molar-refractivity contribution < 1.29 is 8.96 Å². The molecule has 0 spiro atoms. The van der Waals surface area contributed by atoms with Crippen LogP contribution >= 0.6 is 7.14 Å². The largest absolute Gasteiger partial charge is 0.324 e. The number of fused-ring (bicyclic) bond motifs is 1. The van der Waals surface area contributed by atoms with Crippen molar-refractivity contribution in [3.63, 3.8) is 0 Å². The van der Waals surface area contributed by atoms with Gasteiger partial charge in [0.2, 0.25) is 5.95 Å². The Balaban J connectivity index is 1.39. The van der Waals surface area contributed by atoms with E-state index in [1.165, 1.54) is 41.9 Å². The molecule has 3 aromatic heterocycles. The van der Waals surface area contributed by atoms with Gasteiger partial charge in [-0.2, -0.15) is 4.98 Å². The number of hydrogen-bond acceptors (Lipinski definition) is 6. The Bertz CT molecular complexity index is 1510. The summed E-state index contributed by atoms with van der Waals surface area (Å²) in [4.78, 5) is 16.0. The minimum atomic E-state index is -2.56. The molecule has 9 heteroatoms. The van der Waals surface area contributed by atoms with Gasteiger partial charge in [0, 0.05) is 31.2 Å². The average molecular weight is 491 g/mol. The number of likely N-dealkylation sites (N-methyl/N-ethyl adjacent to an activating group) is 1. The van der Waals surface area contributed by atoms with Crippen molar-refractivity contribution in [2.24, 2.45) is 0 Å². The minimum absolute atomic E-state index is 0.309. The van der Waals surface area contributed by atoms with Crippen LogP contribution in [-0.4, -0.2) is 51.3 Å². The van der Waals surface area contributed by atoms with Crippen LogP contribution in [0, 0.1) is 5.82 Å². The number of nitrogens with one attached hydrogen (secondary N) is 1. The molecule has 1 aromatic carbocycles. The van der Waals surface area contributed by atoms with Gasteiger partial charge in [-0.05, 0) is 86.5 Å². The summed E-state index contributed by atoms with van der Waals surface area (Å²) in [6.45, 7) is 5.39. The van der Waals surface area contributed by atoms with Gasteiger partial charge in [-0.3, -0.25) is 4.57 Å². The lowest BCUT2D eigenvalue weighted by molar-refractivity contribution is 0.266. The summed E-state index contributed by atoms with van der Waals surface area (Å²) in [5, 5.41) is 3.67. The van der Waals surface area contributed by atoms with Gasteiger partial charge >= 0.3 is 0 Å². The molecular weight excluding hydrogens is 462 g/mol. The number of pyridine rings is 1. The SMILES string of the molecule is CN1Cc2cc(Nc3ncc4c(F)cn(-c5cccc(P(C)(C)=O)n5)c4n3)cc3c2C(CCC3)C1. The maximum Gasteiger partial charge on any atom is 0.229 e. The smallest absolute Gasteiger partial charge is 0.229 e.